The van der Waals surface area contributed by atoms with Crippen LogP contribution in [0.1, 0.15) is 29.8 Å². The van der Waals surface area contributed by atoms with Crippen LogP contribution in [0.25, 0.3) is 0 Å². The minimum absolute atomic E-state index is 0.0517. The quantitative estimate of drug-likeness (QED) is 0.639. The van der Waals surface area contributed by atoms with Crippen molar-refractivity contribution in [2.45, 2.75) is 31.3 Å². The SMILES string of the molecule is CCOc1cc2c(cc1NC(=O)c1cc(S(=O)(=O)N(C)C)ccc1N1CCOCC1)OC(C)C2. The van der Waals surface area contributed by atoms with Crippen LogP contribution < -0.4 is 19.7 Å². The average molecular weight is 490 g/mol. The molecule has 2 aliphatic rings. The highest BCUT2D eigenvalue weighted by molar-refractivity contribution is 7.89. The summed E-state index contributed by atoms with van der Waals surface area (Å²) in [7, 11) is -0.792. The molecule has 0 saturated carbocycles. The van der Waals surface area contributed by atoms with E-state index in [1.54, 1.807) is 12.1 Å². The standard InChI is InChI=1S/C24H31N3O6S/c1-5-32-23-13-17-12-16(2)33-22(17)15-20(23)25-24(28)19-14-18(34(29,30)26(3)4)6-7-21(19)27-8-10-31-11-9-27/h6-7,13-16H,5,8-12H2,1-4H3,(H,25,28). The Bertz CT molecular complexity index is 1180. The first-order valence-corrected chi connectivity index (χ1v) is 12.8. The Kier molecular flexibility index (Phi) is 7.01. The molecule has 0 radical (unpaired) electrons. The van der Waals surface area contributed by atoms with Gasteiger partial charge in [0.25, 0.3) is 5.91 Å². The molecule has 1 N–H and O–H groups in total. The van der Waals surface area contributed by atoms with Crippen LogP contribution >= 0.6 is 0 Å². The maximum absolute atomic E-state index is 13.6. The van der Waals surface area contributed by atoms with Crippen LogP contribution in [-0.4, -0.2) is 71.7 Å². The van der Waals surface area contributed by atoms with Crippen molar-refractivity contribution in [1.29, 1.82) is 0 Å². The summed E-state index contributed by atoms with van der Waals surface area (Å²) >= 11 is 0. The number of nitrogens with zero attached hydrogens (tertiary/aromatic N) is 2. The summed E-state index contributed by atoms with van der Waals surface area (Å²) in [5.74, 6) is 0.838. The summed E-state index contributed by atoms with van der Waals surface area (Å²) in [6.45, 7) is 6.59. The van der Waals surface area contributed by atoms with Gasteiger partial charge in [-0.15, -0.1) is 0 Å². The molecule has 1 atom stereocenters. The fourth-order valence-electron chi connectivity index (χ4n) is 4.15. The van der Waals surface area contributed by atoms with Gasteiger partial charge in [-0.2, -0.15) is 0 Å². The molecule has 1 amide bonds. The van der Waals surface area contributed by atoms with E-state index in [1.165, 1.54) is 26.2 Å². The lowest BCUT2D eigenvalue weighted by atomic mass is 10.1. The van der Waals surface area contributed by atoms with E-state index in [-0.39, 0.29) is 16.6 Å². The van der Waals surface area contributed by atoms with Crippen LogP contribution in [0.3, 0.4) is 0 Å². The number of hydrogen-bond donors (Lipinski definition) is 1. The summed E-state index contributed by atoms with van der Waals surface area (Å²) in [5, 5.41) is 2.93. The molecule has 34 heavy (non-hydrogen) atoms. The van der Waals surface area contributed by atoms with Crippen molar-refractivity contribution in [3.05, 3.63) is 41.5 Å². The Balaban J connectivity index is 1.74. The average Bonchev–Trinajstić information content (AvgIpc) is 3.18. The van der Waals surface area contributed by atoms with Crippen molar-refractivity contribution in [3.63, 3.8) is 0 Å². The lowest BCUT2D eigenvalue weighted by Gasteiger charge is -2.30. The number of nitrogens with one attached hydrogen (secondary N) is 1. The second-order valence-corrected chi connectivity index (χ2v) is 10.7. The second-order valence-electron chi connectivity index (χ2n) is 8.54. The van der Waals surface area contributed by atoms with Crippen LogP contribution in [0.4, 0.5) is 11.4 Å². The molecule has 10 heteroatoms. The number of carbonyl (C=O) groups is 1. The monoisotopic (exact) mass is 489 g/mol. The Hall–Kier alpha value is -2.82. The zero-order valence-electron chi connectivity index (χ0n) is 20.0. The molecular weight excluding hydrogens is 458 g/mol. The molecular formula is C24H31N3O6S. The zero-order valence-corrected chi connectivity index (χ0v) is 20.8. The maximum Gasteiger partial charge on any atom is 0.257 e. The normalized spacial score (nSPS) is 17.9. The predicted octanol–water partition coefficient (Wildman–Crippen LogP) is 2.75. The lowest BCUT2D eigenvalue weighted by molar-refractivity contribution is 0.102. The summed E-state index contributed by atoms with van der Waals surface area (Å²) in [6.07, 6.45) is 0.825. The summed E-state index contributed by atoms with van der Waals surface area (Å²) in [4.78, 5) is 15.7. The molecule has 2 heterocycles. The first-order chi connectivity index (χ1) is 16.2. The van der Waals surface area contributed by atoms with Gasteiger partial charge in [-0.05, 0) is 38.1 Å². The van der Waals surface area contributed by atoms with E-state index in [4.69, 9.17) is 14.2 Å². The van der Waals surface area contributed by atoms with Gasteiger partial charge in [0.1, 0.15) is 17.6 Å². The molecule has 9 nitrogen and oxygen atoms in total. The summed E-state index contributed by atoms with van der Waals surface area (Å²) < 4.78 is 43.8. The highest BCUT2D eigenvalue weighted by Crippen LogP contribution is 2.38. The van der Waals surface area contributed by atoms with Crippen LogP contribution in [-0.2, 0) is 21.2 Å². The van der Waals surface area contributed by atoms with E-state index in [0.29, 0.717) is 55.8 Å². The number of fused-ring (bicyclic) bond motifs is 1. The lowest BCUT2D eigenvalue weighted by Crippen LogP contribution is -2.37. The van der Waals surface area contributed by atoms with E-state index in [0.717, 1.165) is 16.3 Å². The van der Waals surface area contributed by atoms with Gasteiger partial charge in [-0.3, -0.25) is 4.79 Å². The molecule has 184 valence electrons. The fourth-order valence-corrected chi connectivity index (χ4v) is 5.08. The first kappa shape index (κ1) is 24.3. The fraction of sp³-hybridized carbons (Fsp3) is 0.458. The molecule has 2 aromatic rings. The number of anilines is 2. The van der Waals surface area contributed by atoms with E-state index in [1.807, 2.05) is 24.8 Å². The molecule has 0 aliphatic carbocycles. The van der Waals surface area contributed by atoms with Gasteiger partial charge < -0.3 is 24.4 Å². The van der Waals surface area contributed by atoms with Gasteiger partial charge in [-0.25, -0.2) is 12.7 Å². The molecule has 0 aromatic heterocycles. The van der Waals surface area contributed by atoms with Crippen molar-refractivity contribution in [2.24, 2.45) is 0 Å². The second kappa shape index (κ2) is 9.81. The van der Waals surface area contributed by atoms with E-state index in [2.05, 4.69) is 5.32 Å². The molecule has 2 aromatic carbocycles. The maximum atomic E-state index is 13.6. The minimum atomic E-state index is -3.72. The van der Waals surface area contributed by atoms with Crippen molar-refractivity contribution in [3.8, 4) is 11.5 Å². The highest BCUT2D eigenvalue weighted by Gasteiger charge is 2.26. The Labute approximate surface area is 200 Å². The van der Waals surface area contributed by atoms with Crippen LogP contribution in [0.15, 0.2) is 35.2 Å². The summed E-state index contributed by atoms with van der Waals surface area (Å²) in [6, 6.07) is 8.33. The van der Waals surface area contributed by atoms with E-state index >= 15 is 0 Å². The van der Waals surface area contributed by atoms with Gasteiger partial charge in [0.2, 0.25) is 10.0 Å². The molecule has 0 spiro atoms. The minimum Gasteiger partial charge on any atom is -0.492 e. The molecule has 0 bridgehead atoms. The number of amides is 1. The van der Waals surface area contributed by atoms with Crippen LogP contribution in [0.2, 0.25) is 0 Å². The van der Waals surface area contributed by atoms with Crippen molar-refractivity contribution >= 4 is 27.3 Å². The number of benzene rings is 2. The van der Waals surface area contributed by atoms with Gasteiger partial charge in [-0.1, -0.05) is 0 Å². The highest BCUT2D eigenvalue weighted by atomic mass is 32.2. The number of carbonyl (C=O) groups excluding carboxylic acids is 1. The number of hydrogen-bond acceptors (Lipinski definition) is 7. The molecule has 2 aliphatic heterocycles. The third-order valence-corrected chi connectivity index (χ3v) is 7.70. The molecule has 1 saturated heterocycles. The van der Waals surface area contributed by atoms with Gasteiger partial charge in [0.15, 0.2) is 0 Å². The molecule has 1 unspecified atom stereocenters. The molecule has 1 fully saturated rings. The third-order valence-electron chi connectivity index (χ3n) is 5.89. The molecule has 4 rings (SSSR count). The van der Waals surface area contributed by atoms with Crippen LogP contribution in [0, 0.1) is 0 Å². The Morgan fingerprint density at radius 2 is 1.94 bits per heavy atom. The van der Waals surface area contributed by atoms with Crippen molar-refractivity contribution < 1.29 is 27.4 Å². The van der Waals surface area contributed by atoms with Crippen molar-refractivity contribution in [1.82, 2.24) is 4.31 Å². The number of ether oxygens (including phenoxy) is 3. The predicted molar refractivity (Wildman–Crippen MR) is 130 cm³/mol. The van der Waals surface area contributed by atoms with Gasteiger partial charge >= 0.3 is 0 Å². The number of sulfonamides is 1. The van der Waals surface area contributed by atoms with Crippen LogP contribution in [0.5, 0.6) is 11.5 Å². The van der Waals surface area contributed by atoms with E-state index < -0.39 is 15.9 Å². The van der Waals surface area contributed by atoms with Gasteiger partial charge in [0, 0.05) is 50.9 Å². The summed E-state index contributed by atoms with van der Waals surface area (Å²) in [5.41, 5.74) is 2.43. The third kappa shape index (κ3) is 4.84. The topological polar surface area (TPSA) is 97.4 Å². The Morgan fingerprint density at radius 1 is 1.21 bits per heavy atom. The van der Waals surface area contributed by atoms with Gasteiger partial charge in [0.05, 0.1) is 36.0 Å². The largest absolute Gasteiger partial charge is 0.492 e. The van der Waals surface area contributed by atoms with E-state index in [9.17, 15) is 13.2 Å². The first-order valence-electron chi connectivity index (χ1n) is 11.4. The zero-order chi connectivity index (χ0) is 24.5. The number of rotatable bonds is 7. The number of morpholine rings is 1. The Morgan fingerprint density at radius 3 is 2.62 bits per heavy atom. The van der Waals surface area contributed by atoms with Crippen molar-refractivity contribution in [2.75, 3.05) is 57.2 Å². The smallest absolute Gasteiger partial charge is 0.257 e.